The standard InChI is InChI=1S/C21H38F8O7Si4/c1-18(22,23)20(26,27)21(28,29)19(24,25)15(17(32)33)14(16(30)31)12-11-13-40(34-37(2,3)4,35-38(5,6)7)36-39(8,9)10/h11-13H2,1-10H3,(H,30,31)(H,32,33). The molecule has 0 radical (unpaired) electrons. The molecule has 2 N–H and O–H groups in total. The Balaban J connectivity index is 6.91. The van der Waals surface area contributed by atoms with Gasteiger partial charge in [-0.2, -0.15) is 35.1 Å². The molecule has 236 valence electrons. The van der Waals surface area contributed by atoms with Crippen LogP contribution in [-0.2, 0) is 21.9 Å². The second-order valence-corrected chi connectivity index (χ2v) is 29.2. The van der Waals surface area contributed by atoms with Crippen molar-refractivity contribution in [3.8, 4) is 0 Å². The monoisotopic (exact) mass is 666 g/mol. The number of carboxylic acid groups (broad SMARTS) is 2. The van der Waals surface area contributed by atoms with Crippen LogP contribution in [0.3, 0.4) is 0 Å². The van der Waals surface area contributed by atoms with Gasteiger partial charge in [0.2, 0.25) is 0 Å². The quantitative estimate of drug-likeness (QED) is 0.101. The summed E-state index contributed by atoms with van der Waals surface area (Å²) in [7, 11) is -11.1. The zero-order valence-electron chi connectivity index (χ0n) is 24.1. The van der Waals surface area contributed by atoms with Crippen LogP contribution in [0, 0.1) is 0 Å². The highest BCUT2D eigenvalue weighted by molar-refractivity contribution is 6.90. The van der Waals surface area contributed by atoms with Crippen molar-refractivity contribution in [3.05, 3.63) is 11.1 Å². The molecule has 0 unspecified atom stereocenters. The number of halogens is 8. The van der Waals surface area contributed by atoms with Gasteiger partial charge in [-0.05, 0) is 71.8 Å². The first-order valence-corrected chi connectivity index (χ1v) is 24.2. The Labute approximate surface area is 232 Å². The Kier molecular flexibility index (Phi) is 11.9. The first-order chi connectivity index (χ1) is 17.2. The Bertz CT molecular complexity index is 925. The highest BCUT2D eigenvalue weighted by atomic mass is 28.5. The first-order valence-electron chi connectivity index (χ1n) is 12.0. The maximum atomic E-state index is 14.8. The molecule has 0 fully saturated rings. The summed E-state index contributed by atoms with van der Waals surface area (Å²) in [6, 6.07) is -0.249. The third-order valence-corrected chi connectivity index (χ3v) is 16.8. The first kappa shape index (κ1) is 38.9. The summed E-state index contributed by atoms with van der Waals surface area (Å²) >= 11 is 0. The second-order valence-electron chi connectivity index (χ2n) is 12.3. The van der Waals surface area contributed by atoms with Gasteiger partial charge in [-0.1, -0.05) is 0 Å². The molecule has 19 heteroatoms. The molecule has 0 atom stereocenters. The van der Waals surface area contributed by atoms with E-state index in [1.54, 1.807) is 58.9 Å². The third-order valence-electron chi connectivity index (χ3n) is 4.72. The fourth-order valence-electron chi connectivity index (χ4n) is 3.52. The summed E-state index contributed by atoms with van der Waals surface area (Å²) in [5.74, 6) is -31.4. The number of alkyl halides is 8. The maximum absolute atomic E-state index is 14.8. The average Bonchev–Trinajstić information content (AvgIpc) is 2.60. The van der Waals surface area contributed by atoms with E-state index in [9.17, 15) is 54.9 Å². The van der Waals surface area contributed by atoms with Gasteiger partial charge in [0.1, 0.15) is 5.57 Å². The zero-order chi connectivity index (χ0) is 32.6. The second kappa shape index (κ2) is 12.2. The van der Waals surface area contributed by atoms with Crippen molar-refractivity contribution in [1.29, 1.82) is 0 Å². The number of hydrogen-bond acceptors (Lipinski definition) is 5. The lowest BCUT2D eigenvalue weighted by Gasteiger charge is -2.43. The van der Waals surface area contributed by atoms with Crippen molar-refractivity contribution in [3.63, 3.8) is 0 Å². The lowest BCUT2D eigenvalue weighted by molar-refractivity contribution is -0.353. The summed E-state index contributed by atoms with van der Waals surface area (Å²) < 4.78 is 131. The van der Waals surface area contributed by atoms with Crippen molar-refractivity contribution in [2.45, 2.75) is 108 Å². The van der Waals surface area contributed by atoms with Crippen molar-refractivity contribution in [1.82, 2.24) is 0 Å². The van der Waals surface area contributed by atoms with E-state index in [0.717, 1.165) is 0 Å². The van der Waals surface area contributed by atoms with Gasteiger partial charge in [0.15, 0.2) is 25.0 Å². The molecule has 0 amide bonds. The van der Waals surface area contributed by atoms with Gasteiger partial charge < -0.3 is 22.6 Å². The van der Waals surface area contributed by atoms with Crippen LogP contribution in [0.1, 0.15) is 19.8 Å². The van der Waals surface area contributed by atoms with Gasteiger partial charge in [0, 0.05) is 13.0 Å². The lowest BCUT2D eigenvalue weighted by Crippen LogP contribution is -2.62. The van der Waals surface area contributed by atoms with Gasteiger partial charge in [-0.25, -0.2) is 9.59 Å². The van der Waals surface area contributed by atoms with E-state index >= 15 is 0 Å². The smallest absolute Gasteiger partial charge is 0.469 e. The molecule has 0 aliphatic rings. The van der Waals surface area contributed by atoms with Gasteiger partial charge >= 0.3 is 44.4 Å². The number of carbonyl (C=O) groups is 2. The molecule has 0 rings (SSSR count). The SMILES string of the molecule is CC(F)(F)C(F)(F)C(F)(F)C(F)(F)C(C(=O)O)=C(CCC[Si](O[Si](C)(C)C)(O[Si](C)(C)C)O[Si](C)(C)C)C(=O)O. The van der Waals surface area contributed by atoms with Crippen molar-refractivity contribution in [2.75, 3.05) is 0 Å². The number of hydrogen-bond donors (Lipinski definition) is 2. The van der Waals surface area contributed by atoms with Crippen LogP contribution in [0.2, 0.25) is 65.0 Å². The van der Waals surface area contributed by atoms with Crippen LogP contribution in [0.15, 0.2) is 11.1 Å². The predicted molar refractivity (Wildman–Crippen MR) is 141 cm³/mol. The summed E-state index contributed by atoms with van der Waals surface area (Å²) in [4.78, 5) is 23.4. The van der Waals surface area contributed by atoms with Gasteiger partial charge in [0.05, 0.1) is 5.57 Å². The van der Waals surface area contributed by atoms with Crippen LogP contribution in [0.5, 0.6) is 0 Å². The molecule has 0 aromatic carbocycles. The number of rotatable bonds is 16. The van der Waals surface area contributed by atoms with E-state index in [1.165, 1.54) is 0 Å². The topological polar surface area (TPSA) is 102 Å². The van der Waals surface area contributed by atoms with Crippen LogP contribution >= 0.6 is 0 Å². The summed E-state index contributed by atoms with van der Waals surface area (Å²) in [6.45, 7) is 15.4. The van der Waals surface area contributed by atoms with E-state index in [4.69, 9.17) is 12.3 Å². The lowest BCUT2D eigenvalue weighted by atomic mass is 9.89. The average molecular weight is 667 g/mol. The molecule has 0 aliphatic carbocycles. The van der Waals surface area contributed by atoms with Crippen LogP contribution in [-0.4, -0.2) is 79.6 Å². The molecule has 0 aromatic heterocycles. The molecule has 0 aliphatic heterocycles. The van der Waals surface area contributed by atoms with E-state index in [0.29, 0.717) is 0 Å². The third kappa shape index (κ3) is 10.0. The minimum Gasteiger partial charge on any atom is -0.478 e. The summed E-state index contributed by atoms with van der Waals surface area (Å²) in [5, 5.41) is 18.7. The van der Waals surface area contributed by atoms with Crippen LogP contribution < -0.4 is 0 Å². The molecule has 0 saturated carbocycles. The minimum absolute atomic E-state index is 0.249. The Hall–Kier alpha value is -1.13. The molecule has 40 heavy (non-hydrogen) atoms. The van der Waals surface area contributed by atoms with Crippen LogP contribution in [0.25, 0.3) is 0 Å². The molecule has 0 heterocycles. The van der Waals surface area contributed by atoms with Crippen molar-refractivity contribution >= 4 is 45.7 Å². The largest absolute Gasteiger partial charge is 0.478 e. The molecule has 0 bridgehead atoms. The predicted octanol–water partition coefficient (Wildman–Crippen LogP) is 7.29. The molecule has 7 nitrogen and oxygen atoms in total. The maximum Gasteiger partial charge on any atom is 0.469 e. The zero-order valence-corrected chi connectivity index (χ0v) is 28.1. The minimum atomic E-state index is -6.98. The van der Waals surface area contributed by atoms with Gasteiger partial charge in [-0.3, -0.25) is 0 Å². The fourth-order valence-corrected chi connectivity index (χ4v) is 18.2. The summed E-state index contributed by atoms with van der Waals surface area (Å²) in [5.41, 5.74) is -4.78. The fraction of sp³-hybridized carbons (Fsp3) is 0.810. The van der Waals surface area contributed by atoms with E-state index in [-0.39, 0.29) is 6.04 Å². The Morgan fingerprint density at radius 3 is 1.25 bits per heavy atom. The Morgan fingerprint density at radius 1 is 0.650 bits per heavy atom. The Morgan fingerprint density at radius 2 is 1.00 bits per heavy atom. The highest BCUT2D eigenvalue weighted by Crippen LogP contribution is 2.55. The van der Waals surface area contributed by atoms with E-state index in [1.807, 2.05) is 0 Å². The van der Waals surface area contributed by atoms with Gasteiger partial charge in [-0.15, -0.1) is 0 Å². The van der Waals surface area contributed by atoms with Gasteiger partial charge in [0.25, 0.3) is 0 Å². The normalized spacial score (nSPS) is 15.7. The summed E-state index contributed by atoms with van der Waals surface area (Å²) in [6.07, 6.45) is -1.66. The number of aliphatic carboxylic acids is 2. The molecular weight excluding hydrogens is 629 g/mol. The number of carboxylic acids is 2. The molecule has 0 spiro atoms. The molecule has 0 aromatic rings. The van der Waals surface area contributed by atoms with Crippen molar-refractivity contribution in [2.24, 2.45) is 0 Å². The van der Waals surface area contributed by atoms with E-state index < -0.39 is 100 Å². The molecule has 0 saturated heterocycles. The van der Waals surface area contributed by atoms with E-state index in [2.05, 4.69) is 0 Å². The van der Waals surface area contributed by atoms with Crippen LogP contribution in [0.4, 0.5) is 35.1 Å². The van der Waals surface area contributed by atoms with Crippen molar-refractivity contribution < 1.29 is 67.3 Å². The molecular formula is C21H38F8O7Si4. The highest BCUT2D eigenvalue weighted by Gasteiger charge is 2.81.